The van der Waals surface area contributed by atoms with E-state index in [4.69, 9.17) is 10.5 Å². The maximum absolute atomic E-state index is 12.0. The molecule has 22 heavy (non-hydrogen) atoms. The highest BCUT2D eigenvalue weighted by molar-refractivity contribution is 6.10. The van der Waals surface area contributed by atoms with Gasteiger partial charge in [-0.05, 0) is 35.9 Å². The lowest BCUT2D eigenvalue weighted by Gasteiger charge is -2.21. The van der Waals surface area contributed by atoms with Gasteiger partial charge in [0.1, 0.15) is 5.75 Å². The van der Waals surface area contributed by atoms with Gasteiger partial charge >= 0.3 is 0 Å². The van der Waals surface area contributed by atoms with E-state index < -0.39 is 11.8 Å². The SMILES string of the molecule is NC(=O)c1cccc2c1O/C(=C\c1ccc(O)cc1)C(=O)N2. The molecule has 6 heteroatoms. The van der Waals surface area contributed by atoms with Crippen LogP contribution in [-0.2, 0) is 4.79 Å². The van der Waals surface area contributed by atoms with Gasteiger partial charge < -0.3 is 20.9 Å². The van der Waals surface area contributed by atoms with Crippen LogP contribution in [0.1, 0.15) is 15.9 Å². The van der Waals surface area contributed by atoms with Crippen LogP contribution in [0.2, 0.25) is 0 Å². The second kappa shape index (κ2) is 5.25. The summed E-state index contributed by atoms with van der Waals surface area (Å²) in [7, 11) is 0. The number of carbonyl (C=O) groups excluding carboxylic acids is 2. The number of phenols is 1. The Hall–Kier alpha value is -3.28. The van der Waals surface area contributed by atoms with E-state index in [1.54, 1.807) is 24.3 Å². The van der Waals surface area contributed by atoms with Crippen LogP contribution in [0, 0.1) is 0 Å². The highest BCUT2D eigenvalue weighted by Crippen LogP contribution is 2.34. The van der Waals surface area contributed by atoms with Gasteiger partial charge in [-0.2, -0.15) is 0 Å². The van der Waals surface area contributed by atoms with Crippen LogP contribution in [0.25, 0.3) is 6.08 Å². The van der Waals surface area contributed by atoms with Gasteiger partial charge in [0.05, 0.1) is 11.3 Å². The van der Waals surface area contributed by atoms with Crippen molar-refractivity contribution >= 4 is 23.6 Å². The molecule has 2 aromatic carbocycles. The van der Waals surface area contributed by atoms with Crippen molar-refractivity contribution in [2.24, 2.45) is 5.73 Å². The number of anilines is 1. The number of nitrogens with two attached hydrogens (primary N) is 1. The van der Waals surface area contributed by atoms with Gasteiger partial charge in [0.15, 0.2) is 11.5 Å². The van der Waals surface area contributed by atoms with Crippen LogP contribution in [0.4, 0.5) is 5.69 Å². The molecule has 0 aliphatic carbocycles. The average Bonchev–Trinajstić information content (AvgIpc) is 2.49. The van der Waals surface area contributed by atoms with E-state index in [0.29, 0.717) is 11.3 Å². The maximum Gasteiger partial charge on any atom is 0.291 e. The molecular formula is C16H12N2O4. The minimum absolute atomic E-state index is 0.0342. The van der Waals surface area contributed by atoms with Gasteiger partial charge in [-0.3, -0.25) is 9.59 Å². The quantitative estimate of drug-likeness (QED) is 0.736. The third-order valence-corrected chi connectivity index (χ3v) is 3.16. The van der Waals surface area contributed by atoms with Crippen molar-refractivity contribution in [3.05, 3.63) is 59.4 Å². The number of amides is 2. The predicted octanol–water partition coefficient (Wildman–Crippen LogP) is 1.86. The Balaban J connectivity index is 2.01. The summed E-state index contributed by atoms with van der Waals surface area (Å²) in [6.45, 7) is 0. The molecule has 0 aromatic heterocycles. The van der Waals surface area contributed by atoms with Crippen molar-refractivity contribution in [3.63, 3.8) is 0 Å². The number of rotatable bonds is 2. The van der Waals surface area contributed by atoms with E-state index in [1.165, 1.54) is 24.3 Å². The Morgan fingerprint density at radius 3 is 2.59 bits per heavy atom. The molecular weight excluding hydrogens is 284 g/mol. The first-order chi connectivity index (χ1) is 10.5. The summed E-state index contributed by atoms with van der Waals surface area (Å²) in [5, 5.41) is 11.9. The minimum atomic E-state index is -0.642. The van der Waals surface area contributed by atoms with Crippen molar-refractivity contribution in [1.82, 2.24) is 0 Å². The number of ether oxygens (including phenoxy) is 1. The Bertz CT molecular complexity index is 794. The zero-order chi connectivity index (χ0) is 15.7. The molecule has 2 aromatic rings. The second-order valence-electron chi connectivity index (χ2n) is 4.70. The topological polar surface area (TPSA) is 102 Å². The predicted molar refractivity (Wildman–Crippen MR) is 80.3 cm³/mol. The third kappa shape index (κ3) is 2.49. The lowest BCUT2D eigenvalue weighted by atomic mass is 10.1. The largest absolute Gasteiger partial charge is 0.508 e. The standard InChI is InChI=1S/C16H12N2O4/c17-15(20)11-2-1-3-12-14(11)22-13(16(21)18-12)8-9-4-6-10(19)7-5-9/h1-8,19H,(H2,17,20)(H,18,21)/b13-8-. The second-order valence-corrected chi connectivity index (χ2v) is 4.70. The van der Waals surface area contributed by atoms with Crippen molar-refractivity contribution < 1.29 is 19.4 Å². The third-order valence-electron chi connectivity index (χ3n) is 3.16. The molecule has 0 bridgehead atoms. The first kappa shape index (κ1) is 13.7. The average molecular weight is 296 g/mol. The molecule has 0 saturated heterocycles. The van der Waals surface area contributed by atoms with Crippen LogP contribution in [0.5, 0.6) is 11.5 Å². The molecule has 1 aliphatic heterocycles. The number of aromatic hydroxyl groups is 1. The highest BCUT2D eigenvalue weighted by atomic mass is 16.5. The van der Waals surface area contributed by atoms with E-state index in [1.807, 2.05) is 0 Å². The normalized spacial score (nSPS) is 14.9. The molecule has 1 aliphatic rings. The summed E-state index contributed by atoms with van der Waals surface area (Å²) >= 11 is 0. The van der Waals surface area contributed by atoms with E-state index in [2.05, 4.69) is 5.32 Å². The summed E-state index contributed by atoms with van der Waals surface area (Å²) in [6.07, 6.45) is 1.51. The zero-order valence-corrected chi connectivity index (χ0v) is 11.4. The lowest BCUT2D eigenvalue weighted by Crippen LogP contribution is -2.25. The number of phenolic OH excluding ortho intramolecular Hbond substituents is 1. The molecule has 110 valence electrons. The zero-order valence-electron chi connectivity index (χ0n) is 11.4. The van der Waals surface area contributed by atoms with Crippen LogP contribution in [-0.4, -0.2) is 16.9 Å². The Morgan fingerprint density at radius 2 is 1.91 bits per heavy atom. The first-order valence-corrected chi connectivity index (χ1v) is 6.47. The monoisotopic (exact) mass is 296 g/mol. The fraction of sp³-hybridized carbons (Fsp3) is 0. The van der Waals surface area contributed by atoms with Crippen molar-refractivity contribution in [3.8, 4) is 11.5 Å². The Morgan fingerprint density at radius 1 is 1.18 bits per heavy atom. The summed E-state index contributed by atoms with van der Waals surface area (Å²) in [6, 6.07) is 11.0. The molecule has 0 atom stereocenters. The van der Waals surface area contributed by atoms with Crippen LogP contribution in [0.3, 0.4) is 0 Å². The number of carbonyl (C=O) groups is 2. The van der Waals surface area contributed by atoms with Gasteiger partial charge in [-0.1, -0.05) is 18.2 Å². The summed E-state index contributed by atoms with van der Waals surface area (Å²) in [5.41, 5.74) is 6.56. The number of nitrogens with one attached hydrogen (secondary N) is 1. The van der Waals surface area contributed by atoms with Gasteiger partial charge in [0.2, 0.25) is 0 Å². The number of para-hydroxylation sites is 1. The van der Waals surface area contributed by atoms with E-state index >= 15 is 0 Å². The molecule has 0 radical (unpaired) electrons. The maximum atomic E-state index is 12.0. The summed E-state index contributed by atoms with van der Waals surface area (Å²) in [5.74, 6) is -0.691. The Kier molecular flexibility index (Phi) is 3.27. The molecule has 1 heterocycles. The van der Waals surface area contributed by atoms with Crippen LogP contribution < -0.4 is 15.8 Å². The van der Waals surface area contributed by atoms with Gasteiger partial charge in [0, 0.05) is 0 Å². The number of primary amides is 1. The first-order valence-electron chi connectivity index (χ1n) is 6.47. The minimum Gasteiger partial charge on any atom is -0.508 e. The molecule has 0 unspecified atom stereocenters. The number of benzene rings is 2. The molecule has 4 N–H and O–H groups in total. The summed E-state index contributed by atoms with van der Waals surface area (Å²) in [4.78, 5) is 23.5. The fourth-order valence-electron chi connectivity index (χ4n) is 2.10. The van der Waals surface area contributed by atoms with Crippen LogP contribution in [0.15, 0.2) is 48.2 Å². The van der Waals surface area contributed by atoms with Crippen molar-refractivity contribution in [2.45, 2.75) is 0 Å². The van der Waals surface area contributed by atoms with E-state index in [9.17, 15) is 14.7 Å². The fourth-order valence-corrected chi connectivity index (χ4v) is 2.10. The molecule has 2 amide bonds. The van der Waals surface area contributed by atoms with Gasteiger partial charge in [-0.25, -0.2) is 0 Å². The van der Waals surface area contributed by atoms with Crippen molar-refractivity contribution in [1.29, 1.82) is 0 Å². The number of hydrogen-bond donors (Lipinski definition) is 3. The molecule has 0 fully saturated rings. The summed E-state index contributed by atoms with van der Waals surface area (Å²) < 4.78 is 5.56. The van der Waals surface area contributed by atoms with Crippen molar-refractivity contribution in [2.75, 3.05) is 5.32 Å². The van der Waals surface area contributed by atoms with Crippen LogP contribution >= 0.6 is 0 Å². The molecule has 0 saturated carbocycles. The lowest BCUT2D eigenvalue weighted by molar-refractivity contribution is -0.115. The highest BCUT2D eigenvalue weighted by Gasteiger charge is 2.25. The van der Waals surface area contributed by atoms with Gasteiger partial charge in [0.25, 0.3) is 11.8 Å². The smallest absolute Gasteiger partial charge is 0.291 e. The Labute approximate surface area is 125 Å². The molecule has 6 nitrogen and oxygen atoms in total. The molecule has 3 rings (SSSR count). The van der Waals surface area contributed by atoms with Gasteiger partial charge in [-0.15, -0.1) is 0 Å². The number of fused-ring (bicyclic) bond motifs is 1. The van der Waals surface area contributed by atoms with E-state index in [0.717, 1.165) is 0 Å². The van der Waals surface area contributed by atoms with E-state index in [-0.39, 0.29) is 22.8 Å². The molecule has 0 spiro atoms. The number of hydrogen-bond acceptors (Lipinski definition) is 4.